The first-order valence-corrected chi connectivity index (χ1v) is 13.5. The van der Waals surface area contributed by atoms with Gasteiger partial charge in [-0.2, -0.15) is 0 Å². The van der Waals surface area contributed by atoms with E-state index in [2.05, 4.69) is 25.4 Å². The molecule has 2 heterocycles. The van der Waals surface area contributed by atoms with Gasteiger partial charge in [-0.3, -0.25) is 15.4 Å². The average molecular weight is 522 g/mol. The number of urea groups is 1. The van der Waals surface area contributed by atoms with Crippen LogP contribution in [0.15, 0.2) is 41.3 Å². The largest absolute Gasteiger partial charge is 0.370 e. The van der Waals surface area contributed by atoms with Gasteiger partial charge < -0.3 is 9.80 Å². The molecule has 1 aromatic heterocycles. The molecule has 0 aliphatic carbocycles. The summed E-state index contributed by atoms with van der Waals surface area (Å²) in [6.07, 6.45) is 2.14. The zero-order chi connectivity index (χ0) is 24.6. The van der Waals surface area contributed by atoms with Crippen LogP contribution in [0.2, 0.25) is 5.02 Å². The van der Waals surface area contributed by atoms with E-state index in [1.54, 1.807) is 18.2 Å². The molecule has 0 unspecified atom stereocenters. The average Bonchev–Trinajstić information content (AvgIpc) is 3.39. The Bertz CT molecular complexity index is 1370. The maximum Gasteiger partial charge on any atom is 0.327 e. The van der Waals surface area contributed by atoms with E-state index in [-0.39, 0.29) is 20.6 Å². The third kappa shape index (κ3) is 5.33. The second kappa shape index (κ2) is 9.49. The number of carbonyl (C=O) groups excluding carboxylic acids is 2. The number of aromatic nitrogens is 1. The zero-order valence-corrected chi connectivity index (χ0v) is 21.2. The minimum atomic E-state index is -3.36. The first kappa shape index (κ1) is 24.4. The van der Waals surface area contributed by atoms with E-state index in [0.717, 1.165) is 42.8 Å². The molecule has 9 nitrogen and oxygen atoms in total. The molecule has 0 spiro atoms. The number of hydrogen-bond donors (Lipinski definition) is 2. The number of fused-ring (bicyclic) bond motifs is 1. The molecule has 1 saturated heterocycles. The highest BCUT2D eigenvalue weighted by Gasteiger charge is 2.25. The van der Waals surface area contributed by atoms with E-state index in [1.165, 1.54) is 12.1 Å². The Hall–Kier alpha value is -2.73. The highest BCUT2D eigenvalue weighted by molar-refractivity contribution is 7.90. The fourth-order valence-corrected chi connectivity index (χ4v) is 5.59. The summed E-state index contributed by atoms with van der Waals surface area (Å²) in [4.78, 5) is 34.0. The van der Waals surface area contributed by atoms with Crippen molar-refractivity contribution in [1.82, 2.24) is 15.2 Å². The highest BCUT2D eigenvalue weighted by atomic mass is 35.5. The summed E-state index contributed by atoms with van der Waals surface area (Å²) >= 11 is 7.36. The predicted molar refractivity (Wildman–Crippen MR) is 135 cm³/mol. The Morgan fingerprint density at radius 2 is 1.97 bits per heavy atom. The highest BCUT2D eigenvalue weighted by Crippen LogP contribution is 2.29. The topological polar surface area (TPSA) is 112 Å². The fourth-order valence-electron chi connectivity index (χ4n) is 3.77. The van der Waals surface area contributed by atoms with Crippen molar-refractivity contribution in [3.05, 3.63) is 47.0 Å². The second-order valence-electron chi connectivity index (χ2n) is 8.35. The lowest BCUT2D eigenvalue weighted by atomic mass is 10.1. The third-order valence-corrected chi connectivity index (χ3v) is 8.06. The molecule has 0 saturated carbocycles. The van der Waals surface area contributed by atoms with Crippen molar-refractivity contribution in [2.75, 3.05) is 43.7 Å². The molecule has 1 aliphatic rings. The van der Waals surface area contributed by atoms with Gasteiger partial charge in [-0.25, -0.2) is 18.2 Å². The van der Waals surface area contributed by atoms with Crippen molar-refractivity contribution >= 4 is 65.7 Å². The molecule has 180 valence electrons. The van der Waals surface area contributed by atoms with Gasteiger partial charge in [0, 0.05) is 31.1 Å². The Morgan fingerprint density at radius 3 is 2.65 bits per heavy atom. The molecule has 2 aromatic carbocycles. The van der Waals surface area contributed by atoms with Crippen molar-refractivity contribution in [2.45, 2.75) is 17.4 Å². The summed E-state index contributed by atoms with van der Waals surface area (Å²) in [7, 11) is 0.731. The first-order valence-electron chi connectivity index (χ1n) is 10.4. The molecule has 0 bridgehead atoms. The number of amides is 3. The Morgan fingerprint density at radius 1 is 1.21 bits per heavy atom. The monoisotopic (exact) mass is 521 g/mol. The summed E-state index contributed by atoms with van der Waals surface area (Å²) in [5.41, 5.74) is 1.60. The Balaban J connectivity index is 1.45. The molecule has 12 heteroatoms. The molecular weight excluding hydrogens is 498 g/mol. The number of anilines is 2. The summed E-state index contributed by atoms with van der Waals surface area (Å²) in [5, 5.41) is 5.28. The standard InChI is InChI=1S/C22H24ClN5O4S2/c1-27(2)14-8-9-28(12-14)13-4-6-17(23)16(10-13)20(29)25-21(30)26-22-24-18-7-5-15(34(3,31)32)11-19(18)33-22/h4-7,10-11,14H,8-9,12H2,1-3H3,(H2,24,25,26,29,30)/t14-/m1/s1. The van der Waals surface area contributed by atoms with E-state index in [9.17, 15) is 18.0 Å². The zero-order valence-electron chi connectivity index (χ0n) is 18.8. The maximum absolute atomic E-state index is 12.8. The summed E-state index contributed by atoms with van der Waals surface area (Å²) in [6.45, 7) is 1.71. The van der Waals surface area contributed by atoms with Gasteiger partial charge in [0.1, 0.15) is 0 Å². The maximum atomic E-state index is 12.8. The van der Waals surface area contributed by atoms with Gasteiger partial charge in [-0.15, -0.1) is 0 Å². The van der Waals surface area contributed by atoms with Crippen LogP contribution in [0.5, 0.6) is 0 Å². The lowest BCUT2D eigenvalue weighted by Gasteiger charge is -2.22. The van der Waals surface area contributed by atoms with Gasteiger partial charge in [0.25, 0.3) is 5.91 Å². The lowest BCUT2D eigenvalue weighted by molar-refractivity contribution is 0.0967. The van der Waals surface area contributed by atoms with Crippen LogP contribution in [0.4, 0.5) is 15.6 Å². The summed E-state index contributed by atoms with van der Waals surface area (Å²) < 4.78 is 24.1. The van der Waals surface area contributed by atoms with Crippen LogP contribution in [0.3, 0.4) is 0 Å². The van der Waals surface area contributed by atoms with E-state index in [0.29, 0.717) is 16.3 Å². The minimum absolute atomic E-state index is 0.166. The van der Waals surface area contributed by atoms with Crippen LogP contribution < -0.4 is 15.5 Å². The number of thiazole rings is 1. The molecule has 3 amide bonds. The summed E-state index contributed by atoms with van der Waals surface area (Å²) in [6, 6.07) is 9.41. The smallest absolute Gasteiger partial charge is 0.327 e. The van der Waals surface area contributed by atoms with Crippen LogP contribution in [0.25, 0.3) is 10.2 Å². The van der Waals surface area contributed by atoms with E-state index in [4.69, 9.17) is 11.6 Å². The van der Waals surface area contributed by atoms with Crippen molar-refractivity contribution < 1.29 is 18.0 Å². The number of nitrogens with zero attached hydrogens (tertiary/aromatic N) is 3. The number of likely N-dealkylation sites (N-methyl/N-ethyl adjacent to an activating group) is 1. The normalized spacial score (nSPS) is 16.3. The Labute approximate surface area is 206 Å². The van der Waals surface area contributed by atoms with Gasteiger partial charge in [-0.05, 0) is 56.9 Å². The van der Waals surface area contributed by atoms with Crippen LogP contribution in [0, 0.1) is 0 Å². The van der Waals surface area contributed by atoms with Crippen molar-refractivity contribution in [1.29, 1.82) is 0 Å². The second-order valence-corrected chi connectivity index (χ2v) is 11.8. The van der Waals surface area contributed by atoms with E-state index >= 15 is 0 Å². The Kier molecular flexibility index (Phi) is 6.81. The number of imide groups is 1. The van der Waals surface area contributed by atoms with Crippen molar-refractivity contribution in [3.63, 3.8) is 0 Å². The summed E-state index contributed by atoms with van der Waals surface area (Å²) in [5.74, 6) is -0.631. The molecule has 34 heavy (non-hydrogen) atoms. The molecule has 1 fully saturated rings. The molecule has 0 radical (unpaired) electrons. The number of rotatable bonds is 5. The van der Waals surface area contributed by atoms with Gasteiger partial charge in [-0.1, -0.05) is 22.9 Å². The van der Waals surface area contributed by atoms with Gasteiger partial charge >= 0.3 is 6.03 Å². The van der Waals surface area contributed by atoms with E-state index < -0.39 is 21.8 Å². The molecule has 1 atom stereocenters. The number of nitrogens with one attached hydrogen (secondary N) is 2. The quantitative estimate of drug-likeness (QED) is 0.528. The minimum Gasteiger partial charge on any atom is -0.370 e. The van der Waals surface area contributed by atoms with Crippen LogP contribution in [0.1, 0.15) is 16.8 Å². The number of benzene rings is 2. The fraction of sp³-hybridized carbons (Fsp3) is 0.318. The molecule has 1 aliphatic heterocycles. The predicted octanol–water partition coefficient (Wildman–Crippen LogP) is 3.46. The van der Waals surface area contributed by atoms with Crippen molar-refractivity contribution in [2.24, 2.45) is 0 Å². The van der Waals surface area contributed by atoms with Crippen molar-refractivity contribution in [3.8, 4) is 0 Å². The number of hydrogen-bond acceptors (Lipinski definition) is 8. The van der Waals surface area contributed by atoms with Crippen LogP contribution >= 0.6 is 22.9 Å². The van der Waals surface area contributed by atoms with E-state index in [1.807, 2.05) is 20.2 Å². The van der Waals surface area contributed by atoms with Gasteiger partial charge in [0.2, 0.25) is 0 Å². The van der Waals surface area contributed by atoms with Crippen LogP contribution in [-0.2, 0) is 9.84 Å². The number of halogens is 1. The third-order valence-electron chi connectivity index (χ3n) is 5.69. The molecule has 2 N–H and O–H groups in total. The lowest BCUT2D eigenvalue weighted by Crippen LogP contribution is -2.34. The number of carbonyl (C=O) groups is 2. The molecule has 4 rings (SSSR count). The molecule has 3 aromatic rings. The number of sulfone groups is 1. The van der Waals surface area contributed by atoms with Crippen LogP contribution in [-0.4, -0.2) is 69.7 Å². The first-order chi connectivity index (χ1) is 16.0. The van der Waals surface area contributed by atoms with Gasteiger partial charge in [0.05, 0.1) is 25.7 Å². The SMILES string of the molecule is CN(C)[C@@H]1CCN(c2ccc(Cl)c(C(=O)NC(=O)Nc3nc4ccc(S(C)(=O)=O)cc4s3)c2)C1. The van der Waals surface area contributed by atoms with Gasteiger partial charge in [0.15, 0.2) is 15.0 Å². The molecular formula is C22H24ClN5O4S2.